The van der Waals surface area contributed by atoms with Gasteiger partial charge in [-0.05, 0) is 98.6 Å². The topological polar surface area (TPSA) is 16.4 Å². The van der Waals surface area contributed by atoms with Crippen LogP contribution in [-0.4, -0.2) is 0 Å². The summed E-state index contributed by atoms with van der Waals surface area (Å²) in [5.74, 6) is 0. The predicted molar refractivity (Wildman–Crippen MR) is 263 cm³/mol. The van der Waals surface area contributed by atoms with Crippen molar-refractivity contribution in [3.63, 3.8) is 0 Å². The van der Waals surface area contributed by atoms with Gasteiger partial charge in [-0.25, -0.2) is 0 Å². The minimum Gasteiger partial charge on any atom is -0.456 e. The molecule has 11 rings (SSSR count). The molecule has 2 nitrogen and oxygen atoms in total. The van der Waals surface area contributed by atoms with Crippen LogP contribution >= 0.6 is 11.3 Å². The number of thiophene rings is 1. The second kappa shape index (κ2) is 15.1. The van der Waals surface area contributed by atoms with Crippen LogP contribution in [0.2, 0.25) is 0 Å². The number of furan rings is 1. The minimum atomic E-state index is 0.845. The van der Waals surface area contributed by atoms with Gasteiger partial charge in [0.25, 0.3) is 0 Å². The van der Waals surface area contributed by atoms with Crippen molar-refractivity contribution in [2.45, 2.75) is 0 Å². The lowest BCUT2D eigenvalue weighted by Crippen LogP contribution is -2.13. The van der Waals surface area contributed by atoms with Crippen molar-refractivity contribution in [3.05, 3.63) is 224 Å². The number of nitrogens with zero attached hydrogens (tertiary/aromatic N) is 1. The van der Waals surface area contributed by atoms with Crippen molar-refractivity contribution in [2.24, 2.45) is 0 Å². The predicted octanol–water partition coefficient (Wildman–Crippen LogP) is 17.4. The maximum Gasteiger partial charge on any atom is 0.136 e. The molecule has 0 N–H and O–H groups in total. The molecule has 0 spiro atoms. The van der Waals surface area contributed by atoms with E-state index in [4.69, 9.17) is 4.42 Å². The molecule has 0 aliphatic heterocycles. The van der Waals surface area contributed by atoms with Crippen molar-refractivity contribution < 1.29 is 4.42 Å². The summed E-state index contributed by atoms with van der Waals surface area (Å²) in [5.41, 5.74) is 16.2. The molecule has 0 aliphatic rings. The maximum atomic E-state index is 6.59. The molecule has 0 unspecified atom stereocenters. The van der Waals surface area contributed by atoms with Gasteiger partial charge in [0, 0.05) is 42.2 Å². The van der Waals surface area contributed by atoms with Gasteiger partial charge in [-0.15, -0.1) is 11.3 Å². The summed E-state index contributed by atoms with van der Waals surface area (Å²) in [6.07, 6.45) is 3.95. The van der Waals surface area contributed by atoms with Crippen LogP contribution < -0.4 is 4.90 Å². The number of benzene rings is 9. The Morgan fingerprint density at radius 1 is 0.410 bits per heavy atom. The molecule has 11 aromatic rings. The Hall–Kier alpha value is -7.72. The van der Waals surface area contributed by atoms with E-state index in [1.54, 1.807) is 0 Å². The molecule has 2 aromatic heterocycles. The Morgan fingerprint density at radius 2 is 0.967 bits per heavy atom. The molecular weight excluding hydrogens is 759 g/mol. The number of fused-ring (bicyclic) bond motifs is 6. The van der Waals surface area contributed by atoms with Crippen LogP contribution in [0.1, 0.15) is 11.1 Å². The monoisotopic (exact) mass is 797 g/mol. The Kier molecular flexibility index (Phi) is 9.03. The summed E-state index contributed by atoms with van der Waals surface area (Å²) in [6, 6.07) is 71.5. The first-order valence-electron chi connectivity index (χ1n) is 20.6. The van der Waals surface area contributed by atoms with E-state index < -0.39 is 0 Å². The molecule has 0 aliphatic carbocycles. The number of hydrogen-bond donors (Lipinski definition) is 0. The molecule has 61 heavy (non-hydrogen) atoms. The zero-order valence-corrected chi connectivity index (χ0v) is 34.2. The lowest BCUT2D eigenvalue weighted by atomic mass is 9.92. The lowest BCUT2D eigenvalue weighted by Gasteiger charge is -2.30. The largest absolute Gasteiger partial charge is 0.456 e. The highest BCUT2D eigenvalue weighted by molar-refractivity contribution is 7.26. The van der Waals surface area contributed by atoms with Gasteiger partial charge in [-0.1, -0.05) is 177 Å². The molecule has 9 aromatic carbocycles. The van der Waals surface area contributed by atoms with Crippen molar-refractivity contribution in [3.8, 4) is 44.5 Å². The molecule has 3 heteroatoms. The van der Waals surface area contributed by atoms with Gasteiger partial charge in [0.2, 0.25) is 0 Å². The number of hydrogen-bond acceptors (Lipinski definition) is 3. The average Bonchev–Trinajstić information content (AvgIpc) is 3.90. The van der Waals surface area contributed by atoms with Gasteiger partial charge in [-0.2, -0.15) is 0 Å². The highest BCUT2D eigenvalue weighted by Crippen LogP contribution is 2.51. The van der Waals surface area contributed by atoms with E-state index in [1.165, 1.54) is 42.4 Å². The van der Waals surface area contributed by atoms with E-state index in [0.29, 0.717) is 0 Å². The Labute approximate surface area is 359 Å². The summed E-state index contributed by atoms with van der Waals surface area (Å²) >= 11 is 1.86. The number of rotatable bonds is 9. The van der Waals surface area contributed by atoms with Crippen LogP contribution in [0.4, 0.5) is 17.1 Å². The third kappa shape index (κ3) is 6.26. The first-order valence-corrected chi connectivity index (χ1v) is 21.4. The molecule has 288 valence electrons. The first-order chi connectivity index (χ1) is 30.2. The summed E-state index contributed by atoms with van der Waals surface area (Å²) in [6.45, 7) is 8.78. The van der Waals surface area contributed by atoms with Gasteiger partial charge in [-0.3, -0.25) is 0 Å². The second-order valence-corrected chi connectivity index (χ2v) is 16.4. The van der Waals surface area contributed by atoms with Crippen LogP contribution in [0, 0.1) is 0 Å². The lowest BCUT2D eigenvalue weighted by molar-refractivity contribution is 0.669. The minimum absolute atomic E-state index is 0.845. The highest BCUT2D eigenvalue weighted by Gasteiger charge is 2.25. The fraction of sp³-hybridized carbons (Fsp3) is 0. The van der Waals surface area contributed by atoms with Crippen LogP contribution in [0.5, 0.6) is 0 Å². The van der Waals surface area contributed by atoms with Crippen molar-refractivity contribution in [1.29, 1.82) is 0 Å². The normalized spacial score (nSPS) is 11.4. The fourth-order valence-corrected chi connectivity index (χ4v) is 10.2. The van der Waals surface area contributed by atoms with E-state index >= 15 is 0 Å². The quantitative estimate of drug-likeness (QED) is 0.145. The van der Waals surface area contributed by atoms with Crippen LogP contribution in [-0.2, 0) is 0 Å². The standard InChI is InChI=1S/C58H39NOS/c1-3-45-46(4-2)52(32-30-47(45)40-21-13-7-14-22-40)59(44-27-34-54-51(37-44)49-28-25-42(35-55(49)60-54)38-17-9-5-10-18-38)53-33-31-48(41-23-15-8-16-24-41)58-57(53)50-29-26-43(36-56(50)61-58)39-19-11-6-12-20-39/h3-37H,1-2H2. The summed E-state index contributed by atoms with van der Waals surface area (Å²) < 4.78 is 9.06. The second-order valence-electron chi connectivity index (χ2n) is 15.3. The van der Waals surface area contributed by atoms with Gasteiger partial charge in [0.05, 0.1) is 11.4 Å². The van der Waals surface area contributed by atoms with E-state index in [1.807, 2.05) is 29.6 Å². The first kappa shape index (κ1) is 36.4. The van der Waals surface area contributed by atoms with Gasteiger partial charge < -0.3 is 9.32 Å². The third-order valence-corrected chi connectivity index (χ3v) is 13.0. The van der Waals surface area contributed by atoms with Gasteiger partial charge in [0.15, 0.2) is 0 Å². The van der Waals surface area contributed by atoms with E-state index in [9.17, 15) is 0 Å². The summed E-state index contributed by atoms with van der Waals surface area (Å²) in [5, 5.41) is 4.55. The zero-order valence-electron chi connectivity index (χ0n) is 33.4. The molecule has 0 atom stereocenters. The molecule has 0 amide bonds. The summed E-state index contributed by atoms with van der Waals surface area (Å²) in [4.78, 5) is 2.42. The fourth-order valence-electron chi connectivity index (χ4n) is 8.95. The van der Waals surface area contributed by atoms with E-state index in [0.717, 1.165) is 72.4 Å². The smallest absolute Gasteiger partial charge is 0.136 e. The SMILES string of the molecule is C=Cc1c(-c2ccccc2)ccc(N(c2ccc3oc4cc(-c5ccccc5)ccc4c3c2)c2ccc(-c3ccccc3)c3sc4cc(-c5ccccc5)ccc4c23)c1C=C. The maximum absolute atomic E-state index is 6.59. The van der Waals surface area contributed by atoms with Crippen molar-refractivity contribution in [1.82, 2.24) is 0 Å². The molecular formula is C58H39NOS. The van der Waals surface area contributed by atoms with Gasteiger partial charge in [0.1, 0.15) is 11.2 Å². The molecule has 0 fully saturated rings. The zero-order chi connectivity index (χ0) is 40.9. The molecule has 2 heterocycles. The Morgan fingerprint density at radius 3 is 1.61 bits per heavy atom. The van der Waals surface area contributed by atoms with E-state index in [-0.39, 0.29) is 0 Å². The number of anilines is 3. The van der Waals surface area contributed by atoms with Crippen molar-refractivity contribution >= 4 is 82.7 Å². The average molecular weight is 798 g/mol. The highest BCUT2D eigenvalue weighted by atomic mass is 32.1. The van der Waals surface area contributed by atoms with Gasteiger partial charge >= 0.3 is 0 Å². The molecule has 0 radical (unpaired) electrons. The van der Waals surface area contributed by atoms with E-state index in [2.05, 4.69) is 212 Å². The van der Waals surface area contributed by atoms with Crippen molar-refractivity contribution in [2.75, 3.05) is 4.90 Å². The molecule has 0 saturated heterocycles. The van der Waals surface area contributed by atoms with Crippen LogP contribution in [0.15, 0.2) is 218 Å². The Balaban J connectivity index is 1.20. The van der Waals surface area contributed by atoms with Crippen LogP contribution in [0.25, 0.3) is 98.8 Å². The summed E-state index contributed by atoms with van der Waals surface area (Å²) in [7, 11) is 0. The molecule has 0 saturated carbocycles. The Bertz CT molecular complexity index is 3440. The third-order valence-electron chi connectivity index (χ3n) is 11.8. The molecule has 0 bridgehead atoms. The van der Waals surface area contributed by atoms with Crippen LogP contribution in [0.3, 0.4) is 0 Å².